The number of aliphatic hydroxyl groups is 2. The Morgan fingerprint density at radius 3 is 1.40 bits per heavy atom. The van der Waals surface area contributed by atoms with Crippen molar-refractivity contribution in [2.24, 2.45) is 5.73 Å². The number of aliphatic hydroxyl groups excluding tert-OH is 2. The van der Waals surface area contributed by atoms with Crippen molar-refractivity contribution in [1.82, 2.24) is 5.32 Å². The summed E-state index contributed by atoms with van der Waals surface area (Å²) in [5, 5.41) is 24.1. The summed E-state index contributed by atoms with van der Waals surface area (Å²) in [6.45, 7) is 4.00. The summed E-state index contributed by atoms with van der Waals surface area (Å²) < 4.78 is 22.1. The molecule has 328 valence electrons. The predicted octanol–water partition coefficient (Wildman–Crippen LogP) is 12.1. The standard InChI is InChI=1S/C45H91N2O7P/c1-3-5-7-9-11-13-15-17-18-19-20-21-22-23-25-27-29-31-33-35-37-44(49)43(41-54-55(51,52)53-39-38-46)47-45(50)40-42(48)36-34-32-30-28-26-24-16-14-12-10-8-6-4-2/h35,37,42-44,48-49H,3-34,36,38-41,46H2,1-2H3,(H,47,50)(H,51,52)/b37-35+. The van der Waals surface area contributed by atoms with E-state index in [2.05, 4.69) is 19.2 Å². The molecule has 0 aromatic carbocycles. The third-order valence-electron chi connectivity index (χ3n) is 10.7. The molecule has 0 aromatic rings. The van der Waals surface area contributed by atoms with Gasteiger partial charge in [0.25, 0.3) is 0 Å². The average Bonchev–Trinajstić information content (AvgIpc) is 3.16. The second-order valence-electron chi connectivity index (χ2n) is 16.2. The Bertz CT molecular complexity index is 893. The van der Waals surface area contributed by atoms with Gasteiger partial charge in [-0.05, 0) is 19.3 Å². The fourth-order valence-electron chi connectivity index (χ4n) is 7.12. The number of nitrogens with two attached hydrogens (primary N) is 1. The first-order valence-corrected chi connectivity index (χ1v) is 24.9. The molecular formula is C45H91N2O7P. The SMILES string of the molecule is CCCCCCCCCCCCCCCCCCCC/C=C/C(O)C(COP(=O)(O)OCCN)NC(=O)CC(O)CCCCCCCCCCCCCCC. The Labute approximate surface area is 339 Å². The number of nitrogens with one attached hydrogen (secondary N) is 1. The highest BCUT2D eigenvalue weighted by molar-refractivity contribution is 7.47. The Morgan fingerprint density at radius 1 is 0.618 bits per heavy atom. The van der Waals surface area contributed by atoms with E-state index in [1.165, 1.54) is 167 Å². The first kappa shape index (κ1) is 54.2. The molecular weight excluding hydrogens is 711 g/mol. The molecule has 4 atom stereocenters. The number of hydrogen-bond acceptors (Lipinski definition) is 7. The molecule has 4 unspecified atom stereocenters. The minimum Gasteiger partial charge on any atom is -0.393 e. The van der Waals surface area contributed by atoms with E-state index >= 15 is 0 Å². The number of carbonyl (C=O) groups is 1. The highest BCUT2D eigenvalue weighted by Gasteiger charge is 2.27. The lowest BCUT2D eigenvalue weighted by Crippen LogP contribution is -2.46. The molecule has 0 aromatic heterocycles. The lowest BCUT2D eigenvalue weighted by Gasteiger charge is -2.24. The van der Waals surface area contributed by atoms with Crippen molar-refractivity contribution in [3.8, 4) is 0 Å². The molecule has 0 aliphatic heterocycles. The molecule has 0 fully saturated rings. The molecule has 6 N–H and O–H groups in total. The lowest BCUT2D eigenvalue weighted by molar-refractivity contribution is -0.124. The minimum absolute atomic E-state index is 0.0516. The van der Waals surface area contributed by atoms with Gasteiger partial charge in [0.2, 0.25) is 5.91 Å². The number of phosphoric acid groups is 1. The van der Waals surface area contributed by atoms with Gasteiger partial charge in [-0.15, -0.1) is 0 Å². The van der Waals surface area contributed by atoms with Crippen LogP contribution in [0.15, 0.2) is 12.2 Å². The van der Waals surface area contributed by atoms with Crippen LogP contribution >= 0.6 is 7.82 Å². The van der Waals surface area contributed by atoms with E-state index < -0.39 is 38.6 Å². The van der Waals surface area contributed by atoms with Crippen LogP contribution in [0.3, 0.4) is 0 Å². The first-order chi connectivity index (χ1) is 26.8. The van der Waals surface area contributed by atoms with Gasteiger partial charge in [0, 0.05) is 6.54 Å². The van der Waals surface area contributed by atoms with E-state index in [0.29, 0.717) is 6.42 Å². The van der Waals surface area contributed by atoms with Crippen molar-refractivity contribution >= 4 is 13.7 Å². The van der Waals surface area contributed by atoms with Crippen LogP contribution in [0.5, 0.6) is 0 Å². The highest BCUT2D eigenvalue weighted by Crippen LogP contribution is 2.43. The van der Waals surface area contributed by atoms with Gasteiger partial charge < -0.3 is 26.2 Å². The van der Waals surface area contributed by atoms with Gasteiger partial charge in [0.15, 0.2) is 0 Å². The largest absolute Gasteiger partial charge is 0.472 e. The molecule has 0 heterocycles. The predicted molar refractivity (Wildman–Crippen MR) is 232 cm³/mol. The maximum absolute atomic E-state index is 12.8. The molecule has 10 heteroatoms. The Kier molecular flexibility index (Phi) is 40.8. The van der Waals surface area contributed by atoms with Crippen molar-refractivity contribution in [3.05, 3.63) is 12.2 Å². The quantitative estimate of drug-likeness (QED) is 0.0232. The van der Waals surface area contributed by atoms with Crippen molar-refractivity contribution in [1.29, 1.82) is 0 Å². The van der Waals surface area contributed by atoms with Crippen LogP contribution in [0, 0.1) is 0 Å². The van der Waals surface area contributed by atoms with E-state index in [1.54, 1.807) is 6.08 Å². The van der Waals surface area contributed by atoms with Crippen molar-refractivity contribution in [2.45, 2.75) is 250 Å². The Morgan fingerprint density at radius 2 is 1.00 bits per heavy atom. The topological polar surface area (TPSA) is 151 Å². The maximum atomic E-state index is 12.8. The number of unbranched alkanes of at least 4 members (excludes halogenated alkanes) is 30. The van der Waals surface area contributed by atoms with Crippen LogP contribution in [0.4, 0.5) is 0 Å². The lowest BCUT2D eigenvalue weighted by atomic mass is 10.0. The van der Waals surface area contributed by atoms with E-state index in [-0.39, 0.29) is 19.6 Å². The summed E-state index contributed by atoms with van der Waals surface area (Å²) in [6, 6.07) is -0.977. The molecule has 0 bridgehead atoms. The third kappa shape index (κ3) is 39.8. The van der Waals surface area contributed by atoms with E-state index in [1.807, 2.05) is 6.08 Å². The summed E-state index contributed by atoms with van der Waals surface area (Å²) in [5.74, 6) is -0.442. The van der Waals surface area contributed by atoms with Gasteiger partial charge in [0.05, 0.1) is 37.9 Å². The number of carbonyl (C=O) groups excluding carboxylic acids is 1. The van der Waals surface area contributed by atoms with Crippen molar-refractivity contribution in [2.75, 3.05) is 19.8 Å². The summed E-state index contributed by atoms with van der Waals surface area (Å²) in [6.07, 6.45) is 43.0. The highest BCUT2D eigenvalue weighted by atomic mass is 31.2. The third-order valence-corrected chi connectivity index (χ3v) is 11.7. The van der Waals surface area contributed by atoms with Crippen LogP contribution in [0.2, 0.25) is 0 Å². The molecule has 9 nitrogen and oxygen atoms in total. The fraction of sp³-hybridized carbons (Fsp3) is 0.933. The molecule has 0 aliphatic rings. The molecule has 1 amide bonds. The zero-order chi connectivity index (χ0) is 40.5. The fourth-order valence-corrected chi connectivity index (χ4v) is 7.88. The van der Waals surface area contributed by atoms with Crippen LogP contribution in [0.25, 0.3) is 0 Å². The van der Waals surface area contributed by atoms with E-state index in [4.69, 9.17) is 14.8 Å². The van der Waals surface area contributed by atoms with Crippen LogP contribution in [-0.2, 0) is 18.4 Å². The van der Waals surface area contributed by atoms with Gasteiger partial charge in [-0.25, -0.2) is 4.57 Å². The summed E-state index contributed by atoms with van der Waals surface area (Å²) in [5.41, 5.74) is 5.37. The Hall–Kier alpha value is -0.800. The molecule has 0 spiro atoms. The number of phosphoric ester groups is 1. The molecule has 0 saturated heterocycles. The second-order valence-corrected chi connectivity index (χ2v) is 17.6. The number of allylic oxidation sites excluding steroid dienone is 1. The van der Waals surface area contributed by atoms with Gasteiger partial charge in [-0.1, -0.05) is 219 Å². The maximum Gasteiger partial charge on any atom is 0.472 e. The summed E-state index contributed by atoms with van der Waals surface area (Å²) in [7, 11) is -4.40. The van der Waals surface area contributed by atoms with Crippen molar-refractivity contribution < 1.29 is 33.5 Å². The summed E-state index contributed by atoms with van der Waals surface area (Å²) in [4.78, 5) is 22.8. The summed E-state index contributed by atoms with van der Waals surface area (Å²) >= 11 is 0. The molecule has 0 aliphatic carbocycles. The number of rotatable bonds is 44. The van der Waals surface area contributed by atoms with Gasteiger partial charge in [0.1, 0.15) is 0 Å². The van der Waals surface area contributed by atoms with E-state index in [0.717, 1.165) is 38.5 Å². The van der Waals surface area contributed by atoms with E-state index in [9.17, 15) is 24.5 Å². The van der Waals surface area contributed by atoms with Crippen molar-refractivity contribution in [3.63, 3.8) is 0 Å². The molecule has 0 saturated carbocycles. The zero-order valence-electron chi connectivity index (χ0n) is 36.0. The first-order valence-electron chi connectivity index (χ1n) is 23.4. The molecule has 0 radical (unpaired) electrons. The van der Waals surface area contributed by atoms with Gasteiger partial charge in [-0.2, -0.15) is 0 Å². The number of hydrogen-bond donors (Lipinski definition) is 5. The number of amides is 1. The average molecular weight is 803 g/mol. The second kappa shape index (κ2) is 41.4. The molecule has 55 heavy (non-hydrogen) atoms. The normalized spacial score (nSPS) is 14.7. The van der Waals surface area contributed by atoms with Crippen LogP contribution < -0.4 is 11.1 Å². The monoisotopic (exact) mass is 803 g/mol. The smallest absolute Gasteiger partial charge is 0.393 e. The minimum atomic E-state index is -4.40. The van der Waals surface area contributed by atoms with Crippen LogP contribution in [0.1, 0.15) is 232 Å². The Balaban J connectivity index is 4.24. The zero-order valence-corrected chi connectivity index (χ0v) is 36.9. The van der Waals surface area contributed by atoms with Gasteiger partial charge in [-0.3, -0.25) is 13.8 Å². The molecule has 0 rings (SSSR count). The van der Waals surface area contributed by atoms with Crippen LogP contribution in [-0.4, -0.2) is 59.0 Å². The van der Waals surface area contributed by atoms with Gasteiger partial charge >= 0.3 is 7.82 Å².